The van der Waals surface area contributed by atoms with Crippen molar-refractivity contribution in [3.8, 4) is 11.3 Å². The van der Waals surface area contributed by atoms with Gasteiger partial charge in [0.15, 0.2) is 0 Å². The number of nitrogens with zero attached hydrogens (tertiary/aromatic N) is 2. The quantitative estimate of drug-likeness (QED) is 0.578. The molecule has 0 aliphatic carbocycles. The summed E-state index contributed by atoms with van der Waals surface area (Å²) < 4.78 is 0. The van der Waals surface area contributed by atoms with Crippen LogP contribution < -0.4 is 0 Å². The number of benzene rings is 3. The fourth-order valence-corrected chi connectivity index (χ4v) is 3.28. The van der Waals surface area contributed by atoms with Gasteiger partial charge in [-0.25, -0.2) is 9.97 Å². The molecule has 0 saturated carbocycles. The second-order valence-electron chi connectivity index (χ2n) is 6.57. The van der Waals surface area contributed by atoms with Crippen LogP contribution in [0.2, 0.25) is 0 Å². The highest BCUT2D eigenvalue weighted by Gasteiger charge is 2.41. The van der Waals surface area contributed by atoms with Crippen LogP contribution in [0.25, 0.3) is 22.3 Å². The number of para-hydroxylation sites is 2. The van der Waals surface area contributed by atoms with Crippen molar-refractivity contribution < 1.29 is 9.90 Å². The summed E-state index contributed by atoms with van der Waals surface area (Å²) in [5, 5.41) is 10.2. The number of rotatable bonds is 4. The van der Waals surface area contributed by atoms with Crippen LogP contribution in [-0.4, -0.2) is 21.0 Å². The predicted molar refractivity (Wildman–Crippen MR) is 106 cm³/mol. The maximum Gasteiger partial charge on any atom is 0.320 e. The van der Waals surface area contributed by atoms with Crippen LogP contribution in [0.4, 0.5) is 0 Å². The van der Waals surface area contributed by atoms with Gasteiger partial charge in [-0.1, -0.05) is 72.8 Å². The van der Waals surface area contributed by atoms with Crippen molar-refractivity contribution in [3.05, 3.63) is 96.2 Å². The van der Waals surface area contributed by atoms with Gasteiger partial charge in [0, 0.05) is 5.56 Å². The van der Waals surface area contributed by atoms with E-state index in [1.807, 2.05) is 84.9 Å². The Morgan fingerprint density at radius 1 is 0.778 bits per heavy atom. The first-order chi connectivity index (χ1) is 13.1. The maximum atomic E-state index is 12.5. The summed E-state index contributed by atoms with van der Waals surface area (Å²) in [6.07, 6.45) is 0. The lowest BCUT2D eigenvalue weighted by molar-refractivity contribution is -0.141. The number of carbonyl (C=O) groups is 1. The Balaban J connectivity index is 2.08. The smallest absolute Gasteiger partial charge is 0.320 e. The van der Waals surface area contributed by atoms with E-state index in [9.17, 15) is 9.90 Å². The summed E-state index contributed by atoms with van der Waals surface area (Å²) in [5.41, 5.74) is 2.61. The number of aliphatic carboxylic acids is 1. The van der Waals surface area contributed by atoms with Gasteiger partial charge in [-0.2, -0.15) is 0 Å². The van der Waals surface area contributed by atoms with Crippen molar-refractivity contribution in [1.82, 2.24) is 9.97 Å². The lowest BCUT2D eigenvalue weighted by atomic mass is 9.77. The summed E-state index contributed by atoms with van der Waals surface area (Å²) in [4.78, 5) is 22.0. The fraction of sp³-hybridized carbons (Fsp3) is 0.0870. The maximum absolute atomic E-state index is 12.5. The van der Waals surface area contributed by atoms with Crippen LogP contribution in [0.5, 0.6) is 0 Å². The Bertz CT molecular complexity index is 1110. The molecule has 4 rings (SSSR count). The van der Waals surface area contributed by atoms with Crippen LogP contribution in [0.3, 0.4) is 0 Å². The van der Waals surface area contributed by atoms with Crippen LogP contribution >= 0.6 is 0 Å². The fourth-order valence-electron chi connectivity index (χ4n) is 3.28. The highest BCUT2D eigenvalue weighted by atomic mass is 16.4. The van der Waals surface area contributed by atoms with E-state index < -0.39 is 11.4 Å². The second-order valence-corrected chi connectivity index (χ2v) is 6.57. The number of hydrogen-bond acceptors (Lipinski definition) is 3. The summed E-state index contributed by atoms with van der Waals surface area (Å²) in [6, 6.07) is 26.3. The van der Waals surface area contributed by atoms with E-state index in [2.05, 4.69) is 0 Å². The Kier molecular flexibility index (Phi) is 4.16. The Morgan fingerprint density at radius 2 is 1.30 bits per heavy atom. The van der Waals surface area contributed by atoms with Gasteiger partial charge < -0.3 is 5.11 Å². The van der Waals surface area contributed by atoms with Crippen LogP contribution in [-0.2, 0) is 10.2 Å². The Hall–Kier alpha value is -3.53. The first-order valence-electron chi connectivity index (χ1n) is 8.72. The van der Waals surface area contributed by atoms with Crippen LogP contribution in [0.1, 0.15) is 18.2 Å². The van der Waals surface area contributed by atoms with Gasteiger partial charge in [-0.3, -0.25) is 4.79 Å². The van der Waals surface area contributed by atoms with E-state index in [4.69, 9.17) is 9.97 Å². The zero-order valence-corrected chi connectivity index (χ0v) is 14.8. The third kappa shape index (κ3) is 2.85. The molecule has 0 aliphatic heterocycles. The minimum atomic E-state index is -1.33. The molecule has 3 aromatic carbocycles. The molecule has 0 bridgehead atoms. The average molecular weight is 354 g/mol. The SMILES string of the molecule is CC(C(=O)O)(c1ccccc1)c1nc2ccccc2nc1-c1ccccc1. The predicted octanol–water partition coefficient (Wildman–Crippen LogP) is 4.69. The molecule has 4 nitrogen and oxygen atoms in total. The highest BCUT2D eigenvalue weighted by molar-refractivity contribution is 5.89. The normalized spacial score (nSPS) is 13.2. The van der Waals surface area contributed by atoms with Crippen molar-refractivity contribution in [2.75, 3.05) is 0 Å². The van der Waals surface area contributed by atoms with Crippen molar-refractivity contribution in [2.24, 2.45) is 0 Å². The van der Waals surface area contributed by atoms with E-state index in [-0.39, 0.29) is 0 Å². The first kappa shape index (κ1) is 16.9. The molecular formula is C23H18N2O2. The largest absolute Gasteiger partial charge is 0.480 e. The third-order valence-electron chi connectivity index (χ3n) is 4.87. The van der Waals surface area contributed by atoms with E-state index >= 15 is 0 Å². The standard InChI is InChI=1S/C23H18N2O2/c1-23(22(26)27,17-12-6-3-7-13-17)21-20(16-10-4-2-5-11-16)24-18-14-8-9-15-19(18)25-21/h2-15H,1H3,(H,26,27). The Labute approximate surface area is 157 Å². The number of carboxylic acids is 1. The second kappa shape index (κ2) is 6.65. The molecule has 4 aromatic rings. The lowest BCUT2D eigenvalue weighted by Gasteiger charge is -2.27. The zero-order valence-electron chi connectivity index (χ0n) is 14.8. The van der Waals surface area contributed by atoms with Crippen LogP contribution in [0.15, 0.2) is 84.9 Å². The summed E-state index contributed by atoms with van der Waals surface area (Å²) in [7, 11) is 0. The highest BCUT2D eigenvalue weighted by Crippen LogP contribution is 2.37. The summed E-state index contributed by atoms with van der Waals surface area (Å²) in [6.45, 7) is 1.69. The number of hydrogen-bond donors (Lipinski definition) is 1. The van der Waals surface area contributed by atoms with Gasteiger partial charge in [0.2, 0.25) is 0 Å². The molecule has 4 heteroatoms. The van der Waals surface area contributed by atoms with E-state index in [1.54, 1.807) is 6.92 Å². The first-order valence-corrected chi connectivity index (χ1v) is 8.72. The summed E-state index contributed by atoms with van der Waals surface area (Å²) in [5.74, 6) is -0.963. The molecule has 1 aromatic heterocycles. The van der Waals surface area contributed by atoms with Crippen molar-refractivity contribution >= 4 is 17.0 Å². The van der Waals surface area contributed by atoms with Crippen LogP contribution in [0, 0.1) is 0 Å². The van der Waals surface area contributed by atoms with E-state index in [1.165, 1.54) is 0 Å². The molecule has 0 aliphatic rings. The van der Waals surface area contributed by atoms with Gasteiger partial charge in [0.25, 0.3) is 0 Å². The molecule has 1 atom stereocenters. The number of carboxylic acid groups (broad SMARTS) is 1. The molecule has 1 unspecified atom stereocenters. The van der Waals surface area contributed by atoms with Gasteiger partial charge in [-0.15, -0.1) is 0 Å². The molecule has 0 radical (unpaired) electrons. The minimum Gasteiger partial charge on any atom is -0.480 e. The number of aromatic nitrogens is 2. The minimum absolute atomic E-state index is 0.436. The van der Waals surface area contributed by atoms with Crippen molar-refractivity contribution in [3.63, 3.8) is 0 Å². The molecule has 132 valence electrons. The van der Waals surface area contributed by atoms with E-state index in [0.29, 0.717) is 22.5 Å². The molecule has 0 amide bonds. The topological polar surface area (TPSA) is 63.1 Å². The molecule has 0 spiro atoms. The number of fused-ring (bicyclic) bond motifs is 1. The lowest BCUT2D eigenvalue weighted by Crippen LogP contribution is -2.35. The van der Waals surface area contributed by atoms with E-state index in [0.717, 1.165) is 11.1 Å². The molecule has 1 heterocycles. The molecule has 1 N–H and O–H groups in total. The van der Waals surface area contributed by atoms with Gasteiger partial charge in [-0.05, 0) is 24.6 Å². The molecule has 27 heavy (non-hydrogen) atoms. The van der Waals surface area contributed by atoms with Gasteiger partial charge in [0.1, 0.15) is 5.41 Å². The third-order valence-corrected chi connectivity index (χ3v) is 4.87. The monoisotopic (exact) mass is 354 g/mol. The molecule has 0 fully saturated rings. The van der Waals surface area contributed by atoms with Crippen molar-refractivity contribution in [2.45, 2.75) is 12.3 Å². The van der Waals surface area contributed by atoms with Gasteiger partial charge in [0.05, 0.1) is 22.4 Å². The summed E-state index contributed by atoms with van der Waals surface area (Å²) >= 11 is 0. The average Bonchev–Trinajstić information content (AvgIpc) is 2.73. The molecular weight excluding hydrogens is 336 g/mol. The van der Waals surface area contributed by atoms with Gasteiger partial charge >= 0.3 is 5.97 Å². The zero-order chi connectivity index (χ0) is 18.9. The molecule has 0 saturated heterocycles. The van der Waals surface area contributed by atoms with Crippen molar-refractivity contribution in [1.29, 1.82) is 0 Å². The Morgan fingerprint density at radius 3 is 1.89 bits per heavy atom.